The van der Waals surface area contributed by atoms with E-state index in [4.69, 9.17) is 0 Å². The van der Waals surface area contributed by atoms with Gasteiger partial charge in [0.2, 0.25) is 10.0 Å². The number of nitrogens with one attached hydrogen (secondary N) is 1. The van der Waals surface area contributed by atoms with E-state index in [2.05, 4.69) is 10.4 Å². The monoisotopic (exact) mass is 258 g/mol. The third-order valence-corrected chi connectivity index (χ3v) is 4.09. The first-order valence-corrected chi connectivity index (χ1v) is 6.68. The second kappa shape index (κ2) is 5.44. The number of sulfonamides is 1. The molecule has 0 aliphatic rings. The van der Waals surface area contributed by atoms with Gasteiger partial charge in [0, 0.05) is 33.9 Å². The third-order valence-electron chi connectivity index (χ3n) is 2.29. The molecule has 0 aliphatic carbocycles. The van der Waals surface area contributed by atoms with Gasteiger partial charge in [0.25, 0.3) is 0 Å². The molecule has 1 rings (SSSR count). The van der Waals surface area contributed by atoms with E-state index >= 15 is 0 Å². The molecule has 6 nitrogen and oxygen atoms in total. The van der Waals surface area contributed by atoms with Crippen LogP contribution in [0, 0.1) is 0 Å². The van der Waals surface area contributed by atoms with Crippen LogP contribution in [0.3, 0.4) is 0 Å². The largest absolute Gasteiger partial charge is 0.303 e. The summed E-state index contributed by atoms with van der Waals surface area (Å²) in [4.78, 5) is 4.24. The van der Waals surface area contributed by atoms with E-state index in [0.717, 1.165) is 10.8 Å². The first kappa shape index (κ1) is 13.9. The first-order chi connectivity index (χ1) is 7.87. The van der Waals surface area contributed by atoms with Crippen LogP contribution in [-0.2, 0) is 10.0 Å². The number of nitrogens with zero attached hydrogens (tertiary/aromatic N) is 3. The second-order valence-electron chi connectivity index (χ2n) is 3.79. The fourth-order valence-electron chi connectivity index (χ4n) is 1.08. The van der Waals surface area contributed by atoms with E-state index in [9.17, 15) is 8.42 Å². The molecule has 0 spiro atoms. The number of anilines is 1. The van der Waals surface area contributed by atoms with Crippen LogP contribution in [0.15, 0.2) is 23.2 Å². The summed E-state index contributed by atoms with van der Waals surface area (Å²) in [6, 6.07) is 3.18. The van der Waals surface area contributed by atoms with Crippen LogP contribution in [0.2, 0.25) is 0 Å². The van der Waals surface area contributed by atoms with E-state index in [1.807, 2.05) is 19.0 Å². The van der Waals surface area contributed by atoms with E-state index in [1.54, 1.807) is 6.07 Å². The lowest BCUT2D eigenvalue weighted by Gasteiger charge is -2.16. The number of hydrogen-bond donors (Lipinski definition) is 1. The molecule has 17 heavy (non-hydrogen) atoms. The van der Waals surface area contributed by atoms with Gasteiger partial charge in [-0.05, 0) is 12.1 Å². The van der Waals surface area contributed by atoms with Crippen LogP contribution in [0.1, 0.15) is 6.92 Å². The van der Waals surface area contributed by atoms with Crippen molar-refractivity contribution in [2.45, 2.75) is 11.8 Å². The Bertz CT molecular complexity index is 456. The number of aromatic nitrogens is 1. The SMILES string of the molecule is CCN(C)Nc1ccc(S(=O)(=O)N(C)C)cn1. The summed E-state index contributed by atoms with van der Waals surface area (Å²) in [6.45, 7) is 2.82. The molecule has 0 saturated carbocycles. The molecule has 1 heterocycles. The molecular formula is C10H18N4O2S. The maximum atomic E-state index is 11.8. The lowest BCUT2D eigenvalue weighted by Crippen LogP contribution is -2.25. The summed E-state index contributed by atoms with van der Waals surface area (Å²) < 4.78 is 24.7. The van der Waals surface area contributed by atoms with Crippen molar-refractivity contribution in [3.8, 4) is 0 Å². The number of hydrazine groups is 1. The van der Waals surface area contributed by atoms with Crippen LogP contribution in [-0.4, -0.2) is 50.4 Å². The minimum Gasteiger partial charge on any atom is -0.303 e. The van der Waals surface area contributed by atoms with Crippen LogP contribution >= 0.6 is 0 Å². The maximum absolute atomic E-state index is 11.8. The standard InChI is InChI=1S/C10H18N4O2S/c1-5-14(4)12-10-7-6-9(8-11-10)17(15,16)13(2)3/h6-8H,5H2,1-4H3,(H,11,12). The molecule has 0 unspecified atom stereocenters. The Hall–Kier alpha value is -1.18. The van der Waals surface area contributed by atoms with Gasteiger partial charge in [-0.25, -0.2) is 22.7 Å². The van der Waals surface area contributed by atoms with Gasteiger partial charge in [-0.1, -0.05) is 6.92 Å². The summed E-state index contributed by atoms with van der Waals surface area (Å²) in [5, 5.41) is 1.85. The van der Waals surface area contributed by atoms with Gasteiger partial charge in [0.15, 0.2) is 0 Å². The highest BCUT2D eigenvalue weighted by Gasteiger charge is 2.17. The van der Waals surface area contributed by atoms with Crippen LogP contribution in [0.25, 0.3) is 0 Å². The Kier molecular flexibility index (Phi) is 4.44. The molecule has 0 bridgehead atoms. The Morgan fingerprint density at radius 1 is 1.29 bits per heavy atom. The van der Waals surface area contributed by atoms with Crippen LogP contribution in [0.4, 0.5) is 5.82 Å². The minimum absolute atomic E-state index is 0.187. The Morgan fingerprint density at radius 2 is 1.94 bits per heavy atom. The summed E-state index contributed by atoms with van der Waals surface area (Å²) in [5.41, 5.74) is 3.01. The van der Waals surface area contributed by atoms with Crippen molar-refractivity contribution in [2.75, 3.05) is 33.1 Å². The van der Waals surface area contributed by atoms with Gasteiger partial charge in [0.1, 0.15) is 10.7 Å². The molecule has 0 aliphatic heterocycles. The van der Waals surface area contributed by atoms with Crippen molar-refractivity contribution in [3.05, 3.63) is 18.3 Å². The third kappa shape index (κ3) is 3.39. The van der Waals surface area contributed by atoms with Crippen LogP contribution < -0.4 is 5.43 Å². The van der Waals surface area contributed by atoms with Crippen molar-refractivity contribution in [3.63, 3.8) is 0 Å². The second-order valence-corrected chi connectivity index (χ2v) is 5.94. The molecule has 7 heteroatoms. The lowest BCUT2D eigenvalue weighted by molar-refractivity contribution is 0.423. The van der Waals surface area contributed by atoms with Crippen molar-refractivity contribution in [2.24, 2.45) is 0 Å². The molecule has 1 aromatic heterocycles. The highest BCUT2D eigenvalue weighted by molar-refractivity contribution is 7.89. The van der Waals surface area contributed by atoms with Gasteiger partial charge in [-0.15, -0.1) is 0 Å². The fourth-order valence-corrected chi connectivity index (χ4v) is 1.93. The Morgan fingerprint density at radius 3 is 2.35 bits per heavy atom. The fraction of sp³-hybridized carbons (Fsp3) is 0.500. The average Bonchev–Trinajstić information content (AvgIpc) is 2.29. The van der Waals surface area contributed by atoms with E-state index in [1.165, 1.54) is 26.4 Å². The maximum Gasteiger partial charge on any atom is 0.244 e. The summed E-state index contributed by atoms with van der Waals surface area (Å²) in [6.07, 6.45) is 1.35. The zero-order valence-corrected chi connectivity index (χ0v) is 11.3. The van der Waals surface area contributed by atoms with Gasteiger partial charge >= 0.3 is 0 Å². The number of pyridine rings is 1. The molecule has 1 N–H and O–H groups in total. The zero-order chi connectivity index (χ0) is 13.1. The van der Waals surface area contributed by atoms with E-state index < -0.39 is 10.0 Å². The molecule has 0 radical (unpaired) electrons. The number of rotatable bonds is 5. The minimum atomic E-state index is -3.40. The van der Waals surface area contributed by atoms with Crippen LogP contribution in [0.5, 0.6) is 0 Å². The predicted octanol–water partition coefficient (Wildman–Crippen LogP) is 0.610. The molecule has 96 valence electrons. The van der Waals surface area contributed by atoms with Crippen molar-refractivity contribution < 1.29 is 8.42 Å². The molecular weight excluding hydrogens is 240 g/mol. The molecule has 1 aromatic rings. The zero-order valence-electron chi connectivity index (χ0n) is 10.5. The average molecular weight is 258 g/mol. The first-order valence-electron chi connectivity index (χ1n) is 5.24. The smallest absolute Gasteiger partial charge is 0.244 e. The highest BCUT2D eigenvalue weighted by Crippen LogP contribution is 2.13. The predicted molar refractivity (Wildman–Crippen MR) is 67.0 cm³/mol. The van der Waals surface area contributed by atoms with E-state index in [0.29, 0.717) is 5.82 Å². The van der Waals surface area contributed by atoms with Gasteiger partial charge in [-0.3, -0.25) is 0 Å². The Balaban J connectivity index is 2.89. The summed E-state index contributed by atoms with van der Waals surface area (Å²) in [7, 11) is 1.47. The molecule has 0 amide bonds. The topological polar surface area (TPSA) is 65.5 Å². The molecule has 0 atom stereocenters. The Labute approximate surface area is 102 Å². The van der Waals surface area contributed by atoms with E-state index in [-0.39, 0.29) is 4.90 Å². The molecule has 0 aromatic carbocycles. The quantitative estimate of drug-likeness (QED) is 0.784. The van der Waals surface area contributed by atoms with Crippen molar-refractivity contribution in [1.29, 1.82) is 0 Å². The lowest BCUT2D eigenvalue weighted by atomic mass is 10.5. The summed E-state index contributed by atoms with van der Waals surface area (Å²) in [5.74, 6) is 0.618. The number of hydrogen-bond acceptors (Lipinski definition) is 5. The normalized spacial score (nSPS) is 12.1. The van der Waals surface area contributed by atoms with Gasteiger partial charge < -0.3 is 5.43 Å². The molecule has 0 saturated heterocycles. The highest BCUT2D eigenvalue weighted by atomic mass is 32.2. The summed E-state index contributed by atoms with van der Waals surface area (Å²) >= 11 is 0. The van der Waals surface area contributed by atoms with Crippen molar-refractivity contribution >= 4 is 15.8 Å². The van der Waals surface area contributed by atoms with Gasteiger partial charge in [0.05, 0.1) is 0 Å². The van der Waals surface area contributed by atoms with Crippen molar-refractivity contribution in [1.82, 2.24) is 14.3 Å². The van der Waals surface area contributed by atoms with Gasteiger partial charge in [-0.2, -0.15) is 0 Å². The molecule has 0 fully saturated rings.